The van der Waals surface area contributed by atoms with Crippen LogP contribution in [0.4, 0.5) is 0 Å². The smallest absolute Gasteiger partial charge is 0.473 e. The lowest BCUT2D eigenvalue weighted by Crippen LogP contribution is -2.38. The normalized spacial score (nSPS) is 19.4. The first-order valence-corrected chi connectivity index (χ1v) is 14.4. The van der Waals surface area contributed by atoms with Crippen molar-refractivity contribution in [2.45, 2.75) is 78.4 Å². The molecule has 1 aliphatic rings. The zero-order chi connectivity index (χ0) is 28.1. The van der Waals surface area contributed by atoms with Crippen molar-refractivity contribution < 1.29 is 33.1 Å². The summed E-state index contributed by atoms with van der Waals surface area (Å²) < 4.78 is 28.9. The molecule has 1 aliphatic carbocycles. The maximum Gasteiger partial charge on any atom is 0.473 e. The van der Waals surface area contributed by atoms with Crippen molar-refractivity contribution in [1.29, 1.82) is 0 Å². The maximum atomic E-state index is 13.3. The summed E-state index contributed by atoms with van der Waals surface area (Å²) in [6, 6.07) is 12.3. The summed E-state index contributed by atoms with van der Waals surface area (Å²) in [6.45, 7) is 12.7. The molecule has 2 aromatic carbocycles. The van der Waals surface area contributed by atoms with Gasteiger partial charge in [-0.05, 0) is 76.1 Å². The first kappa shape index (κ1) is 29.9. The van der Waals surface area contributed by atoms with Crippen LogP contribution in [0.5, 0.6) is 11.5 Å². The zero-order valence-electron chi connectivity index (χ0n) is 22.9. The number of phosphoric acid groups is 1. The van der Waals surface area contributed by atoms with E-state index >= 15 is 0 Å². The number of phosphoric ester groups is 1. The molecule has 7 nitrogen and oxygen atoms in total. The Kier molecular flexibility index (Phi) is 9.77. The van der Waals surface area contributed by atoms with Gasteiger partial charge in [0, 0.05) is 11.5 Å². The number of aromatic hydroxyl groups is 1. The third-order valence-electron chi connectivity index (χ3n) is 6.71. The van der Waals surface area contributed by atoms with Crippen LogP contribution >= 0.6 is 7.82 Å². The third-order valence-corrected chi connectivity index (χ3v) is 7.85. The summed E-state index contributed by atoms with van der Waals surface area (Å²) in [5.41, 5.74) is 2.34. The fourth-order valence-electron chi connectivity index (χ4n) is 4.73. The number of hydrogen-bond acceptors (Lipinski definition) is 6. The van der Waals surface area contributed by atoms with Crippen molar-refractivity contribution in [3.63, 3.8) is 0 Å². The van der Waals surface area contributed by atoms with Gasteiger partial charge in [0.1, 0.15) is 11.5 Å². The van der Waals surface area contributed by atoms with Gasteiger partial charge in [-0.25, -0.2) is 9.36 Å². The lowest BCUT2D eigenvalue weighted by molar-refractivity contribution is -0.151. The number of carbonyl (C=O) groups is 1. The molecular weight excluding hydrogens is 503 g/mol. The molecule has 0 bridgehead atoms. The second-order valence-electron chi connectivity index (χ2n) is 10.5. The molecule has 0 heterocycles. The Hall–Kier alpha value is -2.70. The van der Waals surface area contributed by atoms with Gasteiger partial charge < -0.3 is 14.7 Å². The van der Waals surface area contributed by atoms with Crippen LogP contribution in [-0.4, -0.2) is 21.6 Å². The van der Waals surface area contributed by atoms with Crippen molar-refractivity contribution in [2.24, 2.45) is 5.92 Å². The van der Waals surface area contributed by atoms with Gasteiger partial charge >= 0.3 is 13.8 Å². The minimum Gasteiger partial charge on any atom is -0.507 e. The number of phenols is 1. The quantitative estimate of drug-likeness (QED) is 0.132. The van der Waals surface area contributed by atoms with Crippen molar-refractivity contribution in [2.75, 3.05) is 0 Å². The zero-order valence-corrected chi connectivity index (χ0v) is 23.8. The molecule has 0 radical (unpaired) electrons. The van der Waals surface area contributed by atoms with Crippen LogP contribution in [0.3, 0.4) is 0 Å². The van der Waals surface area contributed by atoms with E-state index in [2.05, 4.69) is 12.7 Å². The highest BCUT2D eigenvalue weighted by atomic mass is 31.2. The van der Waals surface area contributed by atoms with E-state index in [1.807, 2.05) is 26.8 Å². The van der Waals surface area contributed by atoms with Gasteiger partial charge in [-0.15, -0.1) is 0 Å². The van der Waals surface area contributed by atoms with Gasteiger partial charge in [0.05, 0.1) is 6.61 Å². The molecule has 0 spiro atoms. The Morgan fingerprint density at radius 3 is 2.50 bits per heavy atom. The van der Waals surface area contributed by atoms with Crippen LogP contribution in [-0.2, 0) is 31.4 Å². The number of carbonyl (C=O) groups excluding carboxylic acids is 1. The van der Waals surface area contributed by atoms with Gasteiger partial charge in [-0.1, -0.05) is 67.5 Å². The van der Waals surface area contributed by atoms with Crippen molar-refractivity contribution in [1.82, 2.24) is 0 Å². The molecule has 0 aliphatic heterocycles. The topological polar surface area (TPSA) is 102 Å². The van der Waals surface area contributed by atoms with Gasteiger partial charge in [0.25, 0.3) is 0 Å². The van der Waals surface area contributed by atoms with E-state index in [0.29, 0.717) is 17.5 Å². The van der Waals surface area contributed by atoms with E-state index in [9.17, 15) is 19.4 Å². The van der Waals surface area contributed by atoms with Crippen molar-refractivity contribution in [3.8, 4) is 11.5 Å². The highest BCUT2D eigenvalue weighted by Crippen LogP contribution is 2.50. The number of aryl methyl sites for hydroxylation is 1. The van der Waals surface area contributed by atoms with Gasteiger partial charge in [0.15, 0.2) is 5.60 Å². The van der Waals surface area contributed by atoms with E-state index in [0.717, 1.165) is 30.4 Å². The number of benzene rings is 2. The summed E-state index contributed by atoms with van der Waals surface area (Å²) in [5, 5.41) is 11.1. The largest absolute Gasteiger partial charge is 0.507 e. The Morgan fingerprint density at radius 2 is 1.87 bits per heavy atom. The average molecular weight is 543 g/mol. The molecule has 2 N–H and O–H groups in total. The first-order chi connectivity index (χ1) is 17.8. The average Bonchev–Trinajstić information content (AvgIpc) is 2.82. The van der Waals surface area contributed by atoms with Crippen molar-refractivity contribution in [3.05, 3.63) is 83.0 Å². The lowest BCUT2D eigenvalue weighted by Gasteiger charge is -2.32. The molecule has 0 aromatic heterocycles. The van der Waals surface area contributed by atoms with E-state index in [-0.39, 0.29) is 29.9 Å². The summed E-state index contributed by atoms with van der Waals surface area (Å²) in [5.74, 6) is -0.809. The first-order valence-electron chi connectivity index (χ1n) is 13.0. The summed E-state index contributed by atoms with van der Waals surface area (Å²) >= 11 is 0. The third kappa shape index (κ3) is 7.67. The van der Waals surface area contributed by atoms with E-state index in [1.165, 1.54) is 19.4 Å². The molecule has 1 unspecified atom stereocenters. The molecule has 206 valence electrons. The predicted molar refractivity (Wildman–Crippen MR) is 148 cm³/mol. The minimum atomic E-state index is -4.61. The monoisotopic (exact) mass is 542 g/mol. The fraction of sp³-hybridized carbons (Fsp3) is 0.433. The molecule has 0 fully saturated rings. The minimum absolute atomic E-state index is 0.0405. The molecule has 0 saturated heterocycles. The number of phenolic OH excluding ortho intramolecular Hbond substituents is 1. The Balaban J connectivity index is 1.89. The summed E-state index contributed by atoms with van der Waals surface area (Å²) in [4.78, 5) is 23.6. The van der Waals surface area contributed by atoms with Gasteiger partial charge in [0.2, 0.25) is 0 Å². The molecule has 3 rings (SSSR count). The van der Waals surface area contributed by atoms with Crippen LogP contribution in [0.15, 0.2) is 66.3 Å². The van der Waals surface area contributed by atoms with Crippen molar-refractivity contribution >= 4 is 13.8 Å². The Labute approximate surface area is 225 Å². The van der Waals surface area contributed by atoms with Gasteiger partial charge in [-0.2, -0.15) is 0 Å². The van der Waals surface area contributed by atoms with Crippen LogP contribution < -0.4 is 4.74 Å². The lowest BCUT2D eigenvalue weighted by atomic mass is 9.73. The standard InChI is InChI=1S/C30H39O7P/c1-7-11-23-17-26(31)28(25-16-21(4)14-15-24(25)20(2)3)27(18-23)36-29(32)30(5,6)37-38(33,34)35-19-22-12-9-8-10-13-22/h8-10,12-13,16-18,24-25,31H,2,7,11,14-15,19H2,1,3-6H3,(H,33,34)/t24-,25+/m0/s1. The number of rotatable bonds is 11. The van der Waals surface area contributed by atoms with E-state index in [4.69, 9.17) is 13.8 Å². The maximum absolute atomic E-state index is 13.3. The molecule has 0 saturated carbocycles. The molecule has 38 heavy (non-hydrogen) atoms. The summed E-state index contributed by atoms with van der Waals surface area (Å²) in [6.07, 6.45) is 5.40. The van der Waals surface area contributed by atoms with Crippen LogP contribution in [0.1, 0.15) is 76.5 Å². The second-order valence-corrected chi connectivity index (χ2v) is 11.9. The number of hydrogen-bond donors (Lipinski definition) is 2. The highest BCUT2D eigenvalue weighted by Gasteiger charge is 2.41. The van der Waals surface area contributed by atoms with E-state index < -0.39 is 19.4 Å². The Morgan fingerprint density at radius 1 is 1.18 bits per heavy atom. The number of ether oxygens (including phenoxy) is 1. The molecule has 8 heteroatoms. The molecule has 0 amide bonds. The predicted octanol–water partition coefficient (Wildman–Crippen LogP) is 7.38. The second kappa shape index (κ2) is 12.4. The van der Waals surface area contributed by atoms with Crippen LogP contribution in [0.25, 0.3) is 0 Å². The molecular formula is C30H39O7P. The Bertz CT molecular complexity index is 1230. The molecule has 3 atom stereocenters. The number of esters is 1. The fourth-order valence-corrected chi connectivity index (χ4v) is 5.75. The highest BCUT2D eigenvalue weighted by molar-refractivity contribution is 7.47. The van der Waals surface area contributed by atoms with Gasteiger partial charge in [-0.3, -0.25) is 9.05 Å². The SMILES string of the molecule is C=C(C)[C@@H]1CCC(C)=C[C@H]1c1c(O)cc(CCC)cc1OC(=O)C(C)(C)OP(=O)(O)OCc1ccccc1. The van der Waals surface area contributed by atoms with Crippen LogP contribution in [0.2, 0.25) is 0 Å². The van der Waals surface area contributed by atoms with Crippen LogP contribution in [0, 0.1) is 5.92 Å². The summed E-state index contributed by atoms with van der Waals surface area (Å²) in [7, 11) is -4.61. The van der Waals surface area contributed by atoms with E-state index in [1.54, 1.807) is 36.4 Å². The number of allylic oxidation sites excluding steroid dienone is 3. The molecule has 2 aromatic rings.